The third-order valence-corrected chi connectivity index (χ3v) is 3.79. The number of hydrogen-bond acceptors (Lipinski definition) is 0. The molecular weight excluding hydrogens is 260 g/mol. The lowest BCUT2D eigenvalue weighted by atomic mass is 9.85. The molecule has 2 aromatic rings. The fourth-order valence-corrected chi connectivity index (χ4v) is 2.84. The number of benzene rings is 2. The van der Waals surface area contributed by atoms with E-state index in [1.54, 1.807) is 0 Å². The van der Waals surface area contributed by atoms with Gasteiger partial charge in [-0.2, -0.15) is 0 Å². The monoisotopic (exact) mass is 272 g/mol. The van der Waals surface area contributed by atoms with Crippen LogP contribution in [0.15, 0.2) is 40.9 Å². The summed E-state index contributed by atoms with van der Waals surface area (Å²) in [6.45, 7) is 2.16. The van der Waals surface area contributed by atoms with Gasteiger partial charge < -0.3 is 0 Å². The maximum atomic E-state index is 3.54. The molecule has 0 saturated heterocycles. The minimum absolute atomic E-state index is 1.08. The molecule has 0 amide bonds. The summed E-state index contributed by atoms with van der Waals surface area (Å²) in [5, 5.41) is 0. The van der Waals surface area contributed by atoms with Crippen molar-refractivity contribution in [2.45, 2.75) is 19.8 Å². The molecule has 80 valence electrons. The molecule has 0 bridgehead atoms. The summed E-state index contributed by atoms with van der Waals surface area (Å²) in [5.41, 5.74) is 7.27. The van der Waals surface area contributed by atoms with Crippen LogP contribution in [0.5, 0.6) is 0 Å². The summed E-state index contributed by atoms with van der Waals surface area (Å²) >= 11 is 3.54. The van der Waals surface area contributed by atoms with Crippen molar-refractivity contribution >= 4 is 15.9 Å². The number of aryl methyl sites for hydroxylation is 1. The SMILES string of the molecule is Cc1ccc2c(c1)Cc1cc(Br)ccc1C2. The number of hydrogen-bond donors (Lipinski definition) is 0. The number of rotatable bonds is 0. The zero-order chi connectivity index (χ0) is 11.1. The minimum Gasteiger partial charge on any atom is -0.0590 e. The molecule has 0 unspecified atom stereocenters. The molecule has 0 radical (unpaired) electrons. The first-order chi connectivity index (χ1) is 7.72. The third-order valence-electron chi connectivity index (χ3n) is 3.29. The van der Waals surface area contributed by atoms with E-state index in [0.717, 1.165) is 12.8 Å². The van der Waals surface area contributed by atoms with Crippen LogP contribution in [0.1, 0.15) is 27.8 Å². The minimum atomic E-state index is 1.08. The summed E-state index contributed by atoms with van der Waals surface area (Å²) < 4.78 is 1.18. The van der Waals surface area contributed by atoms with E-state index in [4.69, 9.17) is 0 Å². The van der Waals surface area contributed by atoms with E-state index >= 15 is 0 Å². The predicted molar refractivity (Wildman–Crippen MR) is 70.9 cm³/mol. The van der Waals surface area contributed by atoms with Crippen LogP contribution < -0.4 is 0 Å². The Kier molecular flexibility index (Phi) is 2.36. The predicted octanol–water partition coefficient (Wildman–Crippen LogP) is 4.25. The van der Waals surface area contributed by atoms with Crippen molar-refractivity contribution in [3.05, 3.63) is 68.7 Å². The molecule has 0 nitrogen and oxygen atoms in total. The van der Waals surface area contributed by atoms with Gasteiger partial charge in [-0.25, -0.2) is 0 Å². The lowest BCUT2D eigenvalue weighted by Crippen LogP contribution is -2.07. The first-order valence-corrected chi connectivity index (χ1v) is 6.37. The van der Waals surface area contributed by atoms with Crippen LogP contribution in [-0.2, 0) is 12.8 Å². The van der Waals surface area contributed by atoms with E-state index in [9.17, 15) is 0 Å². The van der Waals surface area contributed by atoms with Crippen LogP contribution in [0, 0.1) is 6.92 Å². The van der Waals surface area contributed by atoms with Crippen molar-refractivity contribution < 1.29 is 0 Å². The molecule has 0 spiro atoms. The second-order valence-electron chi connectivity index (χ2n) is 4.54. The fourth-order valence-electron chi connectivity index (χ4n) is 2.43. The maximum absolute atomic E-state index is 3.54. The molecule has 1 aliphatic rings. The van der Waals surface area contributed by atoms with Crippen LogP contribution in [0.25, 0.3) is 0 Å². The van der Waals surface area contributed by atoms with Crippen molar-refractivity contribution in [1.29, 1.82) is 0 Å². The summed E-state index contributed by atoms with van der Waals surface area (Å²) in [4.78, 5) is 0. The second kappa shape index (κ2) is 3.74. The Morgan fingerprint density at radius 1 is 0.812 bits per heavy atom. The smallest absolute Gasteiger partial charge is 0.0178 e. The van der Waals surface area contributed by atoms with Gasteiger partial charge in [-0.1, -0.05) is 45.8 Å². The van der Waals surface area contributed by atoms with Crippen LogP contribution in [0.4, 0.5) is 0 Å². The van der Waals surface area contributed by atoms with E-state index in [1.165, 1.54) is 32.3 Å². The van der Waals surface area contributed by atoms with Gasteiger partial charge in [0.25, 0.3) is 0 Å². The van der Waals surface area contributed by atoms with Gasteiger partial charge in [0.1, 0.15) is 0 Å². The summed E-state index contributed by atoms with van der Waals surface area (Å²) in [6.07, 6.45) is 2.16. The Morgan fingerprint density at radius 3 is 2.25 bits per heavy atom. The second-order valence-corrected chi connectivity index (χ2v) is 5.45. The molecular formula is C15H13Br. The van der Waals surface area contributed by atoms with Gasteiger partial charge in [0.15, 0.2) is 0 Å². The third kappa shape index (κ3) is 1.69. The largest absolute Gasteiger partial charge is 0.0590 e. The molecule has 3 rings (SSSR count). The van der Waals surface area contributed by atoms with Gasteiger partial charge in [0.2, 0.25) is 0 Å². The van der Waals surface area contributed by atoms with Gasteiger partial charge in [-0.05, 0) is 54.2 Å². The Labute approximate surface area is 104 Å². The molecule has 0 saturated carbocycles. The first-order valence-electron chi connectivity index (χ1n) is 5.58. The zero-order valence-electron chi connectivity index (χ0n) is 9.26. The van der Waals surface area contributed by atoms with Gasteiger partial charge in [0.05, 0.1) is 0 Å². The zero-order valence-corrected chi connectivity index (χ0v) is 10.8. The highest BCUT2D eigenvalue weighted by atomic mass is 79.9. The van der Waals surface area contributed by atoms with E-state index in [0.29, 0.717) is 0 Å². The van der Waals surface area contributed by atoms with Crippen LogP contribution >= 0.6 is 15.9 Å². The van der Waals surface area contributed by atoms with Crippen molar-refractivity contribution in [3.63, 3.8) is 0 Å². The Hall–Kier alpha value is -1.08. The Balaban J connectivity index is 2.10. The quantitative estimate of drug-likeness (QED) is 0.574. The van der Waals surface area contributed by atoms with Crippen molar-refractivity contribution in [2.75, 3.05) is 0 Å². The van der Waals surface area contributed by atoms with Gasteiger partial charge in [0, 0.05) is 4.47 Å². The lowest BCUT2D eigenvalue weighted by Gasteiger charge is -2.20. The molecule has 0 heterocycles. The van der Waals surface area contributed by atoms with E-state index < -0.39 is 0 Å². The molecule has 0 aliphatic heterocycles. The van der Waals surface area contributed by atoms with E-state index in [-0.39, 0.29) is 0 Å². The number of halogens is 1. The summed E-state index contributed by atoms with van der Waals surface area (Å²) in [6, 6.07) is 13.4. The Morgan fingerprint density at radius 2 is 1.44 bits per heavy atom. The standard InChI is InChI=1S/C15H13Br/c1-10-2-3-11-7-12-4-5-15(16)9-14(12)8-13(11)6-10/h2-6,9H,7-8H2,1H3. The van der Waals surface area contributed by atoms with Crippen LogP contribution in [0.3, 0.4) is 0 Å². The highest BCUT2D eigenvalue weighted by molar-refractivity contribution is 9.10. The van der Waals surface area contributed by atoms with Gasteiger partial charge in [-0.15, -0.1) is 0 Å². The summed E-state index contributed by atoms with van der Waals surface area (Å²) in [5.74, 6) is 0. The molecule has 16 heavy (non-hydrogen) atoms. The number of fused-ring (bicyclic) bond motifs is 2. The molecule has 0 N–H and O–H groups in total. The lowest BCUT2D eigenvalue weighted by molar-refractivity contribution is 0.995. The van der Waals surface area contributed by atoms with Crippen molar-refractivity contribution in [1.82, 2.24) is 0 Å². The molecule has 1 aliphatic carbocycles. The fraction of sp³-hybridized carbons (Fsp3) is 0.200. The topological polar surface area (TPSA) is 0 Å². The average Bonchev–Trinajstić information content (AvgIpc) is 2.26. The molecule has 1 heteroatoms. The highest BCUT2D eigenvalue weighted by Crippen LogP contribution is 2.29. The molecule has 0 aromatic heterocycles. The van der Waals surface area contributed by atoms with Gasteiger partial charge in [-0.3, -0.25) is 0 Å². The van der Waals surface area contributed by atoms with Crippen molar-refractivity contribution in [3.8, 4) is 0 Å². The highest BCUT2D eigenvalue weighted by Gasteiger charge is 2.14. The molecule has 2 aromatic carbocycles. The van der Waals surface area contributed by atoms with Crippen LogP contribution in [0.2, 0.25) is 0 Å². The van der Waals surface area contributed by atoms with Gasteiger partial charge >= 0.3 is 0 Å². The maximum Gasteiger partial charge on any atom is 0.0178 e. The molecule has 0 fully saturated rings. The normalized spacial score (nSPS) is 13.1. The van der Waals surface area contributed by atoms with E-state index in [1.807, 2.05) is 0 Å². The van der Waals surface area contributed by atoms with E-state index in [2.05, 4.69) is 59.3 Å². The molecule has 0 atom stereocenters. The Bertz CT molecular complexity index is 506. The van der Waals surface area contributed by atoms with Crippen molar-refractivity contribution in [2.24, 2.45) is 0 Å². The first kappa shape index (κ1) is 10.1. The average molecular weight is 273 g/mol. The summed E-state index contributed by atoms with van der Waals surface area (Å²) in [7, 11) is 0. The van der Waals surface area contributed by atoms with Crippen LogP contribution in [-0.4, -0.2) is 0 Å².